The summed E-state index contributed by atoms with van der Waals surface area (Å²) in [6.45, 7) is 2.16. The van der Waals surface area contributed by atoms with E-state index < -0.39 is 29.9 Å². The van der Waals surface area contributed by atoms with Crippen LogP contribution in [-0.2, 0) is 26.2 Å². The molecule has 2 aliphatic heterocycles. The van der Waals surface area contributed by atoms with Crippen LogP contribution in [0, 0.1) is 17.6 Å². The van der Waals surface area contributed by atoms with Gasteiger partial charge in [-0.1, -0.05) is 24.3 Å². The highest BCUT2D eigenvalue weighted by atomic mass is 19.4. The van der Waals surface area contributed by atoms with Crippen molar-refractivity contribution in [3.63, 3.8) is 0 Å². The van der Waals surface area contributed by atoms with Crippen LogP contribution >= 0.6 is 0 Å². The number of hydrogen-bond donors (Lipinski definition) is 0. The predicted molar refractivity (Wildman–Crippen MR) is 143 cm³/mol. The van der Waals surface area contributed by atoms with Crippen molar-refractivity contribution < 1.29 is 36.3 Å². The first kappa shape index (κ1) is 29.2. The van der Waals surface area contributed by atoms with Crippen LogP contribution < -0.4 is 0 Å². The zero-order valence-corrected chi connectivity index (χ0v) is 22.6. The van der Waals surface area contributed by atoms with Crippen LogP contribution in [-0.4, -0.2) is 66.7 Å². The number of carbonyl (C=O) groups is 2. The van der Waals surface area contributed by atoms with Crippen LogP contribution in [0.1, 0.15) is 48.8 Å². The number of nitrogens with zero attached hydrogens (tertiary/aromatic N) is 2. The maximum Gasteiger partial charge on any atom is 0.490 e. The number of alkyl halides is 3. The lowest BCUT2D eigenvalue weighted by atomic mass is 9.73. The molecule has 0 bridgehead atoms. The summed E-state index contributed by atoms with van der Waals surface area (Å²) in [5.74, 6) is -4.40. The number of fused-ring (bicyclic) bond motifs is 2. The summed E-state index contributed by atoms with van der Waals surface area (Å²) in [6, 6.07) is 11.4. The lowest BCUT2D eigenvalue weighted by Crippen LogP contribution is -2.49. The van der Waals surface area contributed by atoms with E-state index in [1.165, 1.54) is 28.2 Å². The van der Waals surface area contributed by atoms with E-state index in [9.17, 15) is 31.5 Å². The number of amides is 1. The molecule has 2 aromatic carbocycles. The number of carbonyl (C=O) groups excluding carboxylic acids is 2. The van der Waals surface area contributed by atoms with Gasteiger partial charge in [-0.2, -0.15) is 13.2 Å². The molecule has 5 rings (SSSR count). The van der Waals surface area contributed by atoms with Crippen molar-refractivity contribution in [3.05, 3.63) is 76.9 Å². The van der Waals surface area contributed by atoms with E-state index in [1.54, 1.807) is 0 Å². The largest absolute Gasteiger partial charge is 0.490 e. The van der Waals surface area contributed by atoms with Crippen molar-refractivity contribution in [2.75, 3.05) is 32.7 Å². The summed E-state index contributed by atoms with van der Waals surface area (Å²) in [7, 11) is 0. The Morgan fingerprint density at radius 1 is 0.976 bits per heavy atom. The SMILES string of the molecule is O=C(C=Cc1cc(F)cc(F)c1)N1CCC(C(CN2CCC3(CCc4ccccc43)CC2)OC(=O)C(F)(F)F)CC1. The molecule has 1 unspecified atom stereocenters. The zero-order chi connectivity index (χ0) is 29.2. The molecule has 3 aliphatic rings. The van der Waals surface area contributed by atoms with Crippen molar-refractivity contribution in [1.29, 1.82) is 0 Å². The Balaban J connectivity index is 1.20. The van der Waals surface area contributed by atoms with Gasteiger partial charge >= 0.3 is 12.1 Å². The van der Waals surface area contributed by atoms with Gasteiger partial charge in [-0.3, -0.25) is 9.69 Å². The van der Waals surface area contributed by atoms with E-state index in [2.05, 4.69) is 23.1 Å². The van der Waals surface area contributed by atoms with E-state index in [-0.39, 0.29) is 42.4 Å². The number of benzene rings is 2. The molecule has 10 heteroatoms. The van der Waals surface area contributed by atoms with Crippen molar-refractivity contribution in [2.24, 2.45) is 5.92 Å². The third-order valence-corrected chi connectivity index (χ3v) is 8.88. The molecular weight excluding hydrogens is 543 g/mol. The third-order valence-electron chi connectivity index (χ3n) is 8.88. The number of piperidine rings is 2. The fourth-order valence-electron chi connectivity index (χ4n) is 6.62. The molecule has 1 amide bonds. The number of halogens is 5. The lowest BCUT2D eigenvalue weighted by Gasteiger charge is -2.43. The maximum atomic E-state index is 13.4. The van der Waals surface area contributed by atoms with Crippen LogP contribution in [0.25, 0.3) is 6.08 Å². The van der Waals surface area contributed by atoms with Crippen molar-refractivity contribution >= 4 is 18.0 Å². The molecule has 41 heavy (non-hydrogen) atoms. The average molecular weight is 577 g/mol. The van der Waals surface area contributed by atoms with Gasteiger partial charge in [0.2, 0.25) is 5.91 Å². The number of rotatable bonds is 6. The minimum atomic E-state index is -5.09. The Bertz CT molecular complexity index is 1270. The lowest BCUT2D eigenvalue weighted by molar-refractivity contribution is -0.208. The molecule has 0 aromatic heterocycles. The van der Waals surface area contributed by atoms with Gasteiger partial charge in [0.05, 0.1) is 0 Å². The molecule has 0 saturated carbocycles. The maximum absolute atomic E-state index is 13.4. The summed E-state index contributed by atoms with van der Waals surface area (Å²) >= 11 is 0. The van der Waals surface area contributed by atoms with E-state index in [1.807, 2.05) is 6.07 Å². The summed E-state index contributed by atoms with van der Waals surface area (Å²) < 4.78 is 71.3. The number of ether oxygens (including phenoxy) is 1. The van der Waals surface area contributed by atoms with Gasteiger partial charge in [0.1, 0.15) is 17.7 Å². The second-order valence-electron chi connectivity index (χ2n) is 11.4. The van der Waals surface area contributed by atoms with Crippen LogP contribution in [0.2, 0.25) is 0 Å². The number of esters is 1. The molecule has 2 saturated heterocycles. The van der Waals surface area contributed by atoms with Crippen molar-refractivity contribution in [3.8, 4) is 0 Å². The third kappa shape index (κ3) is 6.80. The minimum Gasteiger partial charge on any atom is -0.454 e. The smallest absolute Gasteiger partial charge is 0.454 e. The number of aryl methyl sites for hydroxylation is 1. The molecule has 2 fully saturated rings. The Labute approximate surface area is 235 Å². The van der Waals surface area contributed by atoms with Crippen LogP contribution in [0.4, 0.5) is 22.0 Å². The highest BCUT2D eigenvalue weighted by Gasteiger charge is 2.45. The van der Waals surface area contributed by atoms with Crippen LogP contribution in [0.3, 0.4) is 0 Å². The highest BCUT2D eigenvalue weighted by molar-refractivity contribution is 5.91. The highest BCUT2D eigenvalue weighted by Crippen LogP contribution is 2.46. The van der Waals surface area contributed by atoms with E-state index in [0.717, 1.165) is 43.9 Å². The summed E-state index contributed by atoms with van der Waals surface area (Å²) in [6.07, 6.45) is 1.16. The molecule has 2 heterocycles. The first-order chi connectivity index (χ1) is 19.5. The van der Waals surface area contributed by atoms with Crippen LogP contribution in [0.5, 0.6) is 0 Å². The molecule has 5 nitrogen and oxygen atoms in total. The summed E-state index contributed by atoms with van der Waals surface area (Å²) in [5, 5.41) is 0. The van der Waals surface area contributed by atoms with Gasteiger partial charge in [-0.05, 0) is 91.9 Å². The van der Waals surface area contributed by atoms with Gasteiger partial charge in [-0.25, -0.2) is 13.6 Å². The van der Waals surface area contributed by atoms with Gasteiger partial charge in [0, 0.05) is 37.7 Å². The van der Waals surface area contributed by atoms with Crippen molar-refractivity contribution in [1.82, 2.24) is 9.80 Å². The fraction of sp³-hybridized carbons (Fsp3) is 0.484. The quantitative estimate of drug-likeness (QED) is 0.253. The topological polar surface area (TPSA) is 49.9 Å². The van der Waals surface area contributed by atoms with Gasteiger partial charge < -0.3 is 9.64 Å². The van der Waals surface area contributed by atoms with Gasteiger partial charge in [0.25, 0.3) is 0 Å². The molecular formula is C31H33F5N2O3. The predicted octanol–water partition coefficient (Wildman–Crippen LogP) is 5.67. The Morgan fingerprint density at radius 3 is 2.29 bits per heavy atom. The Kier molecular flexibility index (Phi) is 8.50. The fourth-order valence-corrected chi connectivity index (χ4v) is 6.62. The van der Waals surface area contributed by atoms with E-state index in [4.69, 9.17) is 4.74 Å². The first-order valence-electron chi connectivity index (χ1n) is 14.0. The second-order valence-corrected chi connectivity index (χ2v) is 11.4. The van der Waals surface area contributed by atoms with Gasteiger partial charge in [-0.15, -0.1) is 0 Å². The normalized spacial score (nSPS) is 20.4. The average Bonchev–Trinajstić information content (AvgIpc) is 3.29. The molecule has 1 spiro atoms. The minimum absolute atomic E-state index is 0.0990. The second kappa shape index (κ2) is 11.9. The standard InChI is InChI=1S/C31H33F5N2O3/c32-24-17-21(18-25(33)19-24)5-6-28(39)38-13-8-23(9-14-38)27(41-29(40)31(34,35)36)20-37-15-11-30(12-16-37)10-7-22-3-1-2-4-26(22)30/h1-6,17-19,23,27H,7-16,20H2. The zero-order valence-electron chi connectivity index (χ0n) is 22.6. The Morgan fingerprint density at radius 2 is 1.63 bits per heavy atom. The first-order valence-corrected chi connectivity index (χ1v) is 14.0. The number of hydrogen-bond acceptors (Lipinski definition) is 4. The monoisotopic (exact) mass is 576 g/mol. The van der Waals surface area contributed by atoms with Crippen LogP contribution in [0.15, 0.2) is 48.5 Å². The summed E-state index contributed by atoms with van der Waals surface area (Å²) in [5.41, 5.74) is 3.06. The van der Waals surface area contributed by atoms with Crippen molar-refractivity contribution in [2.45, 2.75) is 56.2 Å². The molecule has 0 radical (unpaired) electrons. The van der Waals surface area contributed by atoms with Gasteiger partial charge in [0.15, 0.2) is 0 Å². The van der Waals surface area contributed by atoms with E-state index in [0.29, 0.717) is 25.9 Å². The summed E-state index contributed by atoms with van der Waals surface area (Å²) in [4.78, 5) is 28.1. The Hall–Kier alpha value is -3.27. The molecule has 220 valence electrons. The number of likely N-dealkylation sites (tertiary alicyclic amines) is 2. The molecule has 1 aliphatic carbocycles. The molecule has 2 aromatic rings. The molecule has 1 atom stereocenters. The van der Waals surface area contributed by atoms with E-state index >= 15 is 0 Å². The molecule has 0 N–H and O–H groups in total.